The summed E-state index contributed by atoms with van der Waals surface area (Å²) in [6.45, 7) is 1.67. The third kappa shape index (κ3) is 4.50. The summed E-state index contributed by atoms with van der Waals surface area (Å²) in [4.78, 5) is 30.0. The monoisotopic (exact) mass is 483 g/mol. The number of hydrogen-bond acceptors (Lipinski definition) is 7. The number of amides is 1. The van der Waals surface area contributed by atoms with Gasteiger partial charge in [-0.3, -0.25) is 19.8 Å². The van der Waals surface area contributed by atoms with Crippen LogP contribution in [0.4, 0.5) is 11.4 Å². The SMILES string of the molecule is COc1ccc(Cl)cc1N=C1S/C(=C/c2ccc(-c3cccc([N+](=O)[O-])c3C)o2)C(=O)N1C. The van der Waals surface area contributed by atoms with E-state index in [4.69, 9.17) is 20.8 Å². The van der Waals surface area contributed by atoms with Gasteiger partial charge < -0.3 is 9.15 Å². The molecule has 168 valence electrons. The van der Waals surface area contributed by atoms with Crippen LogP contribution in [0.1, 0.15) is 11.3 Å². The Morgan fingerprint density at radius 2 is 2.03 bits per heavy atom. The zero-order chi connectivity index (χ0) is 23.7. The first kappa shape index (κ1) is 22.6. The molecule has 2 aromatic carbocycles. The van der Waals surface area contributed by atoms with Gasteiger partial charge in [0.25, 0.3) is 11.6 Å². The van der Waals surface area contributed by atoms with Gasteiger partial charge in [0.1, 0.15) is 23.0 Å². The highest BCUT2D eigenvalue weighted by atomic mass is 35.5. The van der Waals surface area contributed by atoms with Crippen LogP contribution in [0.25, 0.3) is 17.4 Å². The fourth-order valence-corrected chi connectivity index (χ4v) is 4.42. The number of thioether (sulfide) groups is 1. The zero-order valence-corrected chi connectivity index (χ0v) is 19.4. The highest BCUT2D eigenvalue weighted by molar-refractivity contribution is 8.18. The van der Waals surface area contributed by atoms with Gasteiger partial charge >= 0.3 is 0 Å². The first-order chi connectivity index (χ1) is 15.8. The average molecular weight is 484 g/mol. The number of carbonyl (C=O) groups excluding carboxylic acids is 1. The number of hydrogen-bond donors (Lipinski definition) is 0. The van der Waals surface area contributed by atoms with Crippen molar-refractivity contribution in [1.29, 1.82) is 0 Å². The summed E-state index contributed by atoms with van der Waals surface area (Å²) in [7, 11) is 3.17. The predicted molar refractivity (Wildman–Crippen MR) is 129 cm³/mol. The van der Waals surface area contributed by atoms with Gasteiger partial charge in [-0.1, -0.05) is 23.7 Å². The molecule has 1 aliphatic rings. The number of aliphatic imine (C=N–C) groups is 1. The molecule has 2 heterocycles. The number of amidine groups is 1. The number of nitrogens with zero attached hydrogens (tertiary/aromatic N) is 3. The van der Waals surface area contributed by atoms with Gasteiger partial charge in [-0.05, 0) is 49.0 Å². The van der Waals surface area contributed by atoms with E-state index >= 15 is 0 Å². The fourth-order valence-electron chi connectivity index (χ4n) is 3.30. The van der Waals surface area contributed by atoms with Crippen LogP contribution in [0.15, 0.2) is 62.8 Å². The Labute approximate surface area is 198 Å². The third-order valence-electron chi connectivity index (χ3n) is 5.03. The van der Waals surface area contributed by atoms with Gasteiger partial charge in [-0.15, -0.1) is 0 Å². The first-order valence-electron chi connectivity index (χ1n) is 9.72. The fraction of sp³-hybridized carbons (Fsp3) is 0.130. The van der Waals surface area contributed by atoms with Crippen LogP contribution < -0.4 is 4.74 Å². The summed E-state index contributed by atoms with van der Waals surface area (Å²) < 4.78 is 11.2. The molecular formula is C23H18ClN3O5S. The van der Waals surface area contributed by atoms with Gasteiger partial charge in [0.2, 0.25) is 0 Å². The van der Waals surface area contributed by atoms with Crippen molar-refractivity contribution >= 4 is 51.9 Å². The normalized spacial score (nSPS) is 16.1. The lowest BCUT2D eigenvalue weighted by Crippen LogP contribution is -2.23. The van der Waals surface area contributed by atoms with Crippen molar-refractivity contribution in [3.8, 4) is 17.1 Å². The Morgan fingerprint density at radius 3 is 2.76 bits per heavy atom. The highest BCUT2D eigenvalue weighted by Crippen LogP contribution is 2.37. The summed E-state index contributed by atoms with van der Waals surface area (Å²) in [5.41, 5.74) is 1.65. The Bertz CT molecular complexity index is 1330. The summed E-state index contributed by atoms with van der Waals surface area (Å²) in [5.74, 6) is 1.23. The minimum atomic E-state index is -0.426. The number of nitro groups is 1. The molecule has 10 heteroatoms. The van der Waals surface area contributed by atoms with E-state index in [9.17, 15) is 14.9 Å². The number of ether oxygens (including phenoxy) is 1. The topological polar surface area (TPSA) is 98.2 Å². The molecule has 0 radical (unpaired) electrons. The third-order valence-corrected chi connectivity index (χ3v) is 6.32. The van der Waals surface area contributed by atoms with Crippen molar-refractivity contribution in [1.82, 2.24) is 4.90 Å². The lowest BCUT2D eigenvalue weighted by Gasteiger charge is -2.09. The standard InChI is InChI=1S/C23H18ClN3O5S/c1-13-16(5-4-6-18(13)27(29)30)19-10-8-15(32-19)12-21-22(28)26(2)23(33-21)25-17-11-14(24)7-9-20(17)31-3/h4-12H,1-3H3/b21-12+,25-23?. The van der Waals surface area contributed by atoms with E-state index in [-0.39, 0.29) is 11.6 Å². The van der Waals surface area contributed by atoms with E-state index in [0.29, 0.717) is 49.2 Å². The number of benzene rings is 2. The van der Waals surface area contributed by atoms with Gasteiger partial charge in [0.05, 0.1) is 16.9 Å². The molecule has 0 atom stereocenters. The molecule has 0 aliphatic carbocycles. The second-order valence-corrected chi connectivity index (χ2v) is 8.54. The second kappa shape index (κ2) is 9.13. The molecule has 0 bridgehead atoms. The minimum absolute atomic E-state index is 0.0178. The largest absolute Gasteiger partial charge is 0.494 e. The van der Waals surface area contributed by atoms with Crippen LogP contribution in [-0.2, 0) is 4.79 Å². The van der Waals surface area contributed by atoms with Gasteiger partial charge in [0, 0.05) is 35.3 Å². The van der Waals surface area contributed by atoms with Gasteiger partial charge in [-0.2, -0.15) is 0 Å². The molecule has 4 rings (SSSR count). The molecular weight excluding hydrogens is 466 g/mol. The Kier molecular flexibility index (Phi) is 6.26. The van der Waals surface area contributed by atoms with E-state index < -0.39 is 4.92 Å². The maximum Gasteiger partial charge on any atom is 0.273 e. The molecule has 8 nitrogen and oxygen atoms in total. The van der Waals surface area contributed by atoms with E-state index in [1.165, 1.54) is 29.8 Å². The van der Waals surface area contributed by atoms with Crippen LogP contribution in [0.3, 0.4) is 0 Å². The zero-order valence-electron chi connectivity index (χ0n) is 17.9. The maximum absolute atomic E-state index is 12.8. The van der Waals surface area contributed by atoms with Crippen molar-refractivity contribution in [2.24, 2.45) is 4.99 Å². The molecule has 1 amide bonds. The number of likely N-dealkylation sites (N-methyl/N-ethyl adjacent to an activating group) is 1. The summed E-state index contributed by atoms with van der Waals surface area (Å²) in [6, 6.07) is 13.3. The first-order valence-corrected chi connectivity index (χ1v) is 10.9. The quantitative estimate of drug-likeness (QED) is 0.248. The molecule has 3 aromatic rings. The molecule has 1 saturated heterocycles. The van der Waals surface area contributed by atoms with Crippen LogP contribution in [-0.4, -0.2) is 35.1 Å². The van der Waals surface area contributed by atoms with E-state index in [1.54, 1.807) is 62.5 Å². The van der Waals surface area contributed by atoms with E-state index in [2.05, 4.69) is 4.99 Å². The molecule has 0 unspecified atom stereocenters. The van der Waals surface area contributed by atoms with Crippen LogP contribution in [0, 0.1) is 17.0 Å². The number of methoxy groups -OCH3 is 1. The number of furan rings is 1. The van der Waals surface area contributed by atoms with Gasteiger partial charge in [0.15, 0.2) is 5.17 Å². The maximum atomic E-state index is 12.8. The lowest BCUT2D eigenvalue weighted by atomic mass is 10.1. The number of nitro benzene ring substituents is 1. The van der Waals surface area contributed by atoms with Crippen molar-refractivity contribution in [3.63, 3.8) is 0 Å². The summed E-state index contributed by atoms with van der Waals surface area (Å²) in [6.07, 6.45) is 1.62. The molecule has 0 saturated carbocycles. The highest BCUT2D eigenvalue weighted by Gasteiger charge is 2.31. The number of carbonyl (C=O) groups is 1. The summed E-state index contributed by atoms with van der Waals surface area (Å²) in [5, 5.41) is 12.2. The van der Waals surface area contributed by atoms with Crippen LogP contribution in [0.2, 0.25) is 5.02 Å². The van der Waals surface area contributed by atoms with E-state index in [1.807, 2.05) is 0 Å². The van der Waals surface area contributed by atoms with Crippen LogP contribution in [0.5, 0.6) is 5.75 Å². The summed E-state index contributed by atoms with van der Waals surface area (Å²) >= 11 is 7.27. The minimum Gasteiger partial charge on any atom is -0.494 e. The molecule has 0 spiro atoms. The van der Waals surface area contributed by atoms with Crippen molar-refractivity contribution in [2.75, 3.05) is 14.2 Å². The number of rotatable bonds is 5. The predicted octanol–water partition coefficient (Wildman–Crippen LogP) is 6.06. The lowest BCUT2D eigenvalue weighted by molar-refractivity contribution is -0.385. The Morgan fingerprint density at radius 1 is 1.24 bits per heavy atom. The Hall–Kier alpha value is -3.56. The molecule has 0 N–H and O–H groups in total. The molecule has 1 aromatic heterocycles. The Balaban J connectivity index is 1.64. The van der Waals surface area contributed by atoms with Crippen molar-refractivity contribution in [2.45, 2.75) is 6.92 Å². The smallest absolute Gasteiger partial charge is 0.273 e. The second-order valence-electron chi connectivity index (χ2n) is 7.09. The number of halogens is 1. The van der Waals surface area contributed by atoms with Crippen molar-refractivity contribution in [3.05, 3.63) is 79.9 Å². The molecule has 33 heavy (non-hydrogen) atoms. The average Bonchev–Trinajstić information content (AvgIpc) is 3.34. The molecule has 1 aliphatic heterocycles. The van der Waals surface area contributed by atoms with Crippen molar-refractivity contribution < 1.29 is 18.9 Å². The van der Waals surface area contributed by atoms with Crippen LogP contribution >= 0.6 is 23.4 Å². The molecule has 1 fully saturated rings. The van der Waals surface area contributed by atoms with E-state index in [0.717, 1.165) is 0 Å². The van der Waals surface area contributed by atoms with Gasteiger partial charge in [-0.25, -0.2) is 4.99 Å².